The van der Waals surface area contributed by atoms with Crippen LogP contribution in [0, 0.1) is 11.7 Å². The average molecular weight is 415 g/mol. The normalized spacial score (nSPS) is 20.8. The zero-order valence-corrected chi connectivity index (χ0v) is 16.4. The Kier molecular flexibility index (Phi) is 3.80. The second-order valence-electron chi connectivity index (χ2n) is 7.75. The fourth-order valence-electron chi connectivity index (χ4n) is 4.37. The summed E-state index contributed by atoms with van der Waals surface area (Å²) in [7, 11) is -3.48. The molecular formula is C21H18FNO5S. The molecule has 0 amide bonds. The van der Waals surface area contributed by atoms with Crippen LogP contribution in [0.15, 0.2) is 40.8 Å². The SMILES string of the molecule is CS(=O)(=O)N1CCC2CC2c2cc3c(C(=O)O)c(-c4ccc(F)cc4)oc3cc21. The van der Waals surface area contributed by atoms with Crippen molar-refractivity contribution in [3.63, 3.8) is 0 Å². The standard InChI is InChI=1S/C21H18FNO5S/c1-29(26,27)23-7-6-12-8-14(12)15-9-16-18(10-17(15)23)28-20(19(16)21(24)25)11-2-4-13(22)5-3-11/h2-5,9-10,12,14H,6-8H2,1H3,(H,24,25). The molecule has 8 heteroatoms. The Morgan fingerprint density at radius 3 is 2.62 bits per heavy atom. The molecule has 2 atom stereocenters. The largest absolute Gasteiger partial charge is 0.478 e. The maximum atomic E-state index is 13.3. The number of carboxylic acids is 1. The lowest BCUT2D eigenvalue weighted by Gasteiger charge is -2.23. The number of sulfonamides is 1. The van der Waals surface area contributed by atoms with Crippen molar-refractivity contribution in [3.8, 4) is 11.3 Å². The molecule has 2 unspecified atom stereocenters. The van der Waals surface area contributed by atoms with Crippen LogP contribution in [-0.4, -0.2) is 32.3 Å². The van der Waals surface area contributed by atoms with Gasteiger partial charge in [0.05, 0.1) is 11.9 Å². The summed E-state index contributed by atoms with van der Waals surface area (Å²) in [4.78, 5) is 12.0. The highest BCUT2D eigenvalue weighted by Gasteiger charge is 2.44. The molecule has 1 aromatic heterocycles. The molecule has 1 N–H and O–H groups in total. The van der Waals surface area contributed by atoms with Crippen LogP contribution >= 0.6 is 0 Å². The second-order valence-corrected chi connectivity index (χ2v) is 9.66. The topological polar surface area (TPSA) is 87.8 Å². The molecule has 0 radical (unpaired) electrons. The summed E-state index contributed by atoms with van der Waals surface area (Å²) in [5.74, 6) is -0.812. The van der Waals surface area contributed by atoms with Crippen LogP contribution in [0.1, 0.15) is 34.7 Å². The Bertz CT molecular complexity index is 1260. The van der Waals surface area contributed by atoms with Crippen LogP contribution < -0.4 is 4.31 Å². The van der Waals surface area contributed by atoms with Crippen molar-refractivity contribution < 1.29 is 27.1 Å². The van der Waals surface area contributed by atoms with Gasteiger partial charge in [0.2, 0.25) is 10.0 Å². The van der Waals surface area contributed by atoms with Crippen molar-refractivity contribution >= 4 is 32.6 Å². The van der Waals surface area contributed by atoms with E-state index in [2.05, 4.69) is 0 Å². The molecule has 1 fully saturated rings. The van der Waals surface area contributed by atoms with Crippen LogP contribution in [0.2, 0.25) is 0 Å². The third kappa shape index (κ3) is 2.90. The van der Waals surface area contributed by atoms with E-state index in [1.807, 2.05) is 0 Å². The van der Waals surface area contributed by atoms with E-state index in [1.54, 1.807) is 12.1 Å². The molecule has 3 aromatic rings. The van der Waals surface area contributed by atoms with Crippen LogP contribution in [0.5, 0.6) is 0 Å². The zero-order chi connectivity index (χ0) is 20.5. The van der Waals surface area contributed by atoms with E-state index in [1.165, 1.54) is 34.8 Å². The lowest BCUT2D eigenvalue weighted by atomic mass is 10.0. The molecule has 0 spiro atoms. The van der Waals surface area contributed by atoms with Gasteiger partial charge < -0.3 is 9.52 Å². The summed E-state index contributed by atoms with van der Waals surface area (Å²) in [6.07, 6.45) is 2.92. The fourth-order valence-corrected chi connectivity index (χ4v) is 5.33. The van der Waals surface area contributed by atoms with E-state index >= 15 is 0 Å². The average Bonchev–Trinajstić information content (AvgIpc) is 3.33. The number of halogens is 1. The van der Waals surface area contributed by atoms with Gasteiger partial charge in [-0.1, -0.05) is 0 Å². The Hall–Kier alpha value is -2.87. The second kappa shape index (κ2) is 6.06. The van der Waals surface area contributed by atoms with Gasteiger partial charge in [-0.2, -0.15) is 0 Å². The first-order valence-electron chi connectivity index (χ1n) is 9.31. The number of aromatic carboxylic acids is 1. The monoisotopic (exact) mass is 415 g/mol. The van der Waals surface area contributed by atoms with Gasteiger partial charge in [-0.3, -0.25) is 4.31 Å². The smallest absolute Gasteiger partial charge is 0.340 e. The molecule has 1 aliphatic heterocycles. The first-order chi connectivity index (χ1) is 13.7. The summed E-state index contributed by atoms with van der Waals surface area (Å²) in [5.41, 5.74) is 2.15. The molecule has 0 bridgehead atoms. The maximum absolute atomic E-state index is 13.3. The molecule has 6 nitrogen and oxygen atoms in total. The summed E-state index contributed by atoms with van der Waals surface area (Å²) >= 11 is 0. The van der Waals surface area contributed by atoms with Crippen LogP contribution in [-0.2, 0) is 10.0 Å². The van der Waals surface area contributed by atoms with Gasteiger partial charge in [-0.05, 0) is 60.6 Å². The number of rotatable bonds is 3. The molecule has 29 heavy (non-hydrogen) atoms. The Morgan fingerprint density at radius 2 is 1.97 bits per heavy atom. The molecule has 2 aromatic carbocycles. The van der Waals surface area contributed by atoms with E-state index < -0.39 is 21.8 Å². The highest BCUT2D eigenvalue weighted by Crippen LogP contribution is 2.56. The molecule has 2 aliphatic rings. The fraction of sp³-hybridized carbons (Fsp3) is 0.286. The lowest BCUT2D eigenvalue weighted by Crippen LogP contribution is -2.31. The van der Waals surface area contributed by atoms with Crippen molar-refractivity contribution in [3.05, 3.63) is 53.3 Å². The molecule has 150 valence electrons. The predicted molar refractivity (Wildman–Crippen MR) is 106 cm³/mol. The van der Waals surface area contributed by atoms with Crippen LogP contribution in [0.25, 0.3) is 22.3 Å². The highest BCUT2D eigenvalue weighted by molar-refractivity contribution is 7.92. The van der Waals surface area contributed by atoms with E-state index in [4.69, 9.17) is 4.42 Å². The Morgan fingerprint density at radius 1 is 1.24 bits per heavy atom. The van der Waals surface area contributed by atoms with Gasteiger partial charge in [-0.25, -0.2) is 17.6 Å². The van der Waals surface area contributed by atoms with E-state index in [0.717, 1.165) is 18.4 Å². The number of benzene rings is 2. The number of carboxylic acid groups (broad SMARTS) is 1. The summed E-state index contributed by atoms with van der Waals surface area (Å²) in [6.45, 7) is 0.399. The van der Waals surface area contributed by atoms with Gasteiger partial charge in [0.15, 0.2) is 0 Å². The first-order valence-corrected chi connectivity index (χ1v) is 11.2. The summed E-state index contributed by atoms with van der Waals surface area (Å²) < 4.78 is 45.3. The number of carbonyl (C=O) groups is 1. The Balaban J connectivity index is 1.78. The van der Waals surface area contributed by atoms with Crippen LogP contribution in [0.3, 0.4) is 0 Å². The number of hydrogen-bond acceptors (Lipinski definition) is 4. The van der Waals surface area contributed by atoms with Gasteiger partial charge in [0.25, 0.3) is 0 Å². The van der Waals surface area contributed by atoms with Gasteiger partial charge in [0.1, 0.15) is 22.7 Å². The zero-order valence-electron chi connectivity index (χ0n) is 15.6. The third-order valence-electron chi connectivity index (χ3n) is 5.85. The first kappa shape index (κ1) is 18.2. The van der Waals surface area contributed by atoms with Crippen molar-refractivity contribution in [2.45, 2.75) is 18.8 Å². The number of furan rings is 1. The molecule has 0 saturated heterocycles. The van der Waals surface area contributed by atoms with Crippen molar-refractivity contribution in [2.75, 3.05) is 17.1 Å². The molecule has 1 aliphatic carbocycles. The van der Waals surface area contributed by atoms with Gasteiger partial charge in [0, 0.05) is 23.6 Å². The molecule has 2 heterocycles. The minimum Gasteiger partial charge on any atom is -0.478 e. The van der Waals surface area contributed by atoms with E-state index in [-0.39, 0.29) is 17.2 Å². The third-order valence-corrected chi connectivity index (χ3v) is 7.03. The van der Waals surface area contributed by atoms with Gasteiger partial charge >= 0.3 is 5.97 Å². The summed E-state index contributed by atoms with van der Waals surface area (Å²) in [5, 5.41) is 10.3. The number of fused-ring (bicyclic) bond motifs is 4. The number of hydrogen-bond donors (Lipinski definition) is 1. The highest BCUT2D eigenvalue weighted by atomic mass is 32.2. The van der Waals surface area contributed by atoms with Crippen molar-refractivity contribution in [2.24, 2.45) is 5.92 Å². The van der Waals surface area contributed by atoms with Gasteiger partial charge in [-0.15, -0.1) is 0 Å². The minimum atomic E-state index is -3.48. The number of anilines is 1. The van der Waals surface area contributed by atoms with Crippen molar-refractivity contribution in [1.82, 2.24) is 0 Å². The molecule has 1 saturated carbocycles. The van der Waals surface area contributed by atoms with Crippen molar-refractivity contribution in [1.29, 1.82) is 0 Å². The lowest BCUT2D eigenvalue weighted by molar-refractivity contribution is 0.0699. The molecule has 5 rings (SSSR count). The quantitative estimate of drug-likeness (QED) is 0.692. The Labute approximate surface area is 166 Å². The maximum Gasteiger partial charge on any atom is 0.340 e. The number of nitrogens with zero attached hydrogens (tertiary/aromatic N) is 1. The van der Waals surface area contributed by atoms with E-state index in [9.17, 15) is 22.7 Å². The predicted octanol–water partition coefficient (Wildman–Crippen LogP) is 4.21. The summed E-state index contributed by atoms with van der Waals surface area (Å²) in [6, 6.07) is 8.80. The van der Waals surface area contributed by atoms with E-state index in [0.29, 0.717) is 34.7 Å². The van der Waals surface area contributed by atoms with Crippen LogP contribution in [0.4, 0.5) is 10.1 Å². The molecular weight excluding hydrogens is 397 g/mol. The minimum absolute atomic E-state index is 0.00163.